The fraction of sp³-hybridized carbons (Fsp3) is 0.286. The van der Waals surface area contributed by atoms with Gasteiger partial charge in [-0.05, 0) is 25.1 Å². The maximum Gasteiger partial charge on any atom is 0.325 e. The minimum absolute atomic E-state index is 0.0918. The first-order valence-corrected chi connectivity index (χ1v) is 7.18. The number of rotatable bonds is 3. The molecule has 1 aromatic carbocycles. The molecule has 0 radical (unpaired) electrons. The molecular weight excluding hydrogens is 326 g/mol. The van der Waals surface area contributed by atoms with E-state index in [2.05, 4.69) is 5.32 Å². The van der Waals surface area contributed by atoms with E-state index in [4.69, 9.17) is 16.7 Å². The van der Waals surface area contributed by atoms with E-state index in [0.29, 0.717) is 0 Å². The maximum atomic E-state index is 12.8. The van der Waals surface area contributed by atoms with Crippen molar-refractivity contribution < 1.29 is 24.3 Å². The van der Waals surface area contributed by atoms with Gasteiger partial charge in [-0.25, -0.2) is 4.79 Å². The monoisotopic (exact) mass is 337 g/mol. The Labute approximate surface area is 135 Å². The van der Waals surface area contributed by atoms with Gasteiger partial charge in [0.05, 0.1) is 5.69 Å². The number of hydrogen-bond donors (Lipinski definition) is 2. The van der Waals surface area contributed by atoms with E-state index < -0.39 is 35.9 Å². The predicted octanol–water partition coefficient (Wildman–Crippen LogP) is 0.538. The molecule has 9 heteroatoms. The molecule has 0 saturated carbocycles. The lowest BCUT2D eigenvalue weighted by atomic mass is 9.91. The summed E-state index contributed by atoms with van der Waals surface area (Å²) < 4.78 is 0. The van der Waals surface area contributed by atoms with Crippen LogP contribution in [-0.2, 0) is 19.9 Å². The summed E-state index contributed by atoms with van der Waals surface area (Å²) in [6.07, 6.45) is 0. The van der Waals surface area contributed by atoms with Crippen molar-refractivity contribution in [1.29, 1.82) is 0 Å². The van der Waals surface area contributed by atoms with Gasteiger partial charge in [-0.3, -0.25) is 24.2 Å². The van der Waals surface area contributed by atoms with Crippen LogP contribution in [0.25, 0.3) is 0 Å². The van der Waals surface area contributed by atoms with Crippen molar-refractivity contribution >= 4 is 41.1 Å². The number of carbonyl (C=O) groups is 4. The lowest BCUT2D eigenvalue weighted by molar-refractivity contribution is -0.141. The van der Waals surface area contributed by atoms with Gasteiger partial charge in [-0.15, -0.1) is 0 Å². The van der Waals surface area contributed by atoms with Gasteiger partial charge < -0.3 is 10.4 Å². The molecule has 2 aliphatic heterocycles. The second kappa shape index (κ2) is 4.95. The van der Waals surface area contributed by atoms with Crippen LogP contribution in [0.4, 0.5) is 10.5 Å². The topological polar surface area (TPSA) is 107 Å². The molecule has 1 aromatic rings. The molecule has 0 aromatic heterocycles. The van der Waals surface area contributed by atoms with Crippen LogP contribution in [0.1, 0.15) is 12.5 Å². The normalized spacial score (nSPS) is 22.8. The maximum absolute atomic E-state index is 12.8. The number of fused-ring (bicyclic) bond motifs is 2. The van der Waals surface area contributed by atoms with Crippen molar-refractivity contribution in [3.63, 3.8) is 0 Å². The first-order valence-electron chi connectivity index (χ1n) is 6.80. The largest absolute Gasteiger partial charge is 0.480 e. The quantitative estimate of drug-likeness (QED) is 0.618. The van der Waals surface area contributed by atoms with Crippen LogP contribution in [-0.4, -0.2) is 46.9 Å². The van der Waals surface area contributed by atoms with Crippen LogP contribution in [0.3, 0.4) is 0 Å². The van der Waals surface area contributed by atoms with E-state index in [1.807, 2.05) is 0 Å². The molecule has 8 nitrogen and oxygen atoms in total. The van der Waals surface area contributed by atoms with E-state index in [-0.39, 0.29) is 22.8 Å². The van der Waals surface area contributed by atoms with Gasteiger partial charge in [0.1, 0.15) is 6.54 Å². The number of amides is 4. The highest BCUT2D eigenvalue weighted by molar-refractivity contribution is 6.32. The van der Waals surface area contributed by atoms with Crippen LogP contribution >= 0.6 is 11.6 Å². The summed E-state index contributed by atoms with van der Waals surface area (Å²) >= 11 is 5.96. The molecule has 3 rings (SSSR count). The van der Waals surface area contributed by atoms with E-state index in [1.165, 1.54) is 18.2 Å². The lowest BCUT2D eigenvalue weighted by Crippen LogP contribution is -2.53. The summed E-state index contributed by atoms with van der Waals surface area (Å²) in [6, 6.07) is 3.64. The number of likely N-dealkylation sites (N-methyl/N-ethyl adjacent to an activating group) is 1. The Morgan fingerprint density at radius 1 is 1.26 bits per heavy atom. The van der Waals surface area contributed by atoms with E-state index >= 15 is 0 Å². The minimum atomic E-state index is -1.94. The van der Waals surface area contributed by atoms with Crippen molar-refractivity contribution in [3.8, 4) is 0 Å². The van der Waals surface area contributed by atoms with E-state index in [0.717, 1.165) is 9.80 Å². The highest BCUT2D eigenvalue weighted by Crippen LogP contribution is 2.44. The SMILES string of the molecule is CCN1C(=O)NC2(C1=O)C(=O)N(CC(=O)O)c1ccc(Cl)cc12. The van der Waals surface area contributed by atoms with Crippen LogP contribution < -0.4 is 10.2 Å². The fourth-order valence-electron chi connectivity index (χ4n) is 2.95. The number of nitrogens with one attached hydrogen (secondary N) is 1. The third-order valence-corrected chi connectivity index (χ3v) is 4.17. The number of nitrogens with zero attached hydrogens (tertiary/aromatic N) is 2. The number of carboxylic acid groups (broad SMARTS) is 1. The number of carbonyl (C=O) groups excluding carboxylic acids is 3. The average Bonchev–Trinajstić information content (AvgIpc) is 2.86. The average molecular weight is 338 g/mol. The number of imide groups is 1. The smallest absolute Gasteiger partial charge is 0.325 e. The molecule has 0 aliphatic carbocycles. The molecule has 1 spiro atoms. The molecule has 2 N–H and O–H groups in total. The zero-order valence-corrected chi connectivity index (χ0v) is 12.8. The molecular formula is C14H12ClN3O5. The zero-order chi connectivity index (χ0) is 16.9. The summed E-state index contributed by atoms with van der Waals surface area (Å²) in [5.74, 6) is -2.77. The summed E-state index contributed by atoms with van der Waals surface area (Å²) in [5.41, 5.74) is -1.51. The molecule has 2 aliphatic rings. The highest BCUT2D eigenvalue weighted by atomic mass is 35.5. The molecule has 1 saturated heterocycles. The Hall–Kier alpha value is -2.61. The predicted molar refractivity (Wildman–Crippen MR) is 79.0 cm³/mol. The first kappa shape index (κ1) is 15.3. The summed E-state index contributed by atoms with van der Waals surface area (Å²) in [7, 11) is 0. The third-order valence-electron chi connectivity index (χ3n) is 3.93. The fourth-order valence-corrected chi connectivity index (χ4v) is 3.13. The van der Waals surface area contributed by atoms with Crippen molar-refractivity contribution in [2.75, 3.05) is 18.0 Å². The molecule has 120 valence electrons. The van der Waals surface area contributed by atoms with Crippen molar-refractivity contribution in [1.82, 2.24) is 10.2 Å². The lowest BCUT2D eigenvalue weighted by Gasteiger charge is -2.20. The Morgan fingerprint density at radius 3 is 2.48 bits per heavy atom. The van der Waals surface area contributed by atoms with Crippen LogP contribution in [0.15, 0.2) is 18.2 Å². The van der Waals surface area contributed by atoms with Gasteiger partial charge in [0.2, 0.25) is 5.54 Å². The summed E-state index contributed by atoms with van der Waals surface area (Å²) in [4.78, 5) is 50.4. The Kier molecular flexibility index (Phi) is 3.29. The van der Waals surface area contributed by atoms with Crippen LogP contribution in [0.2, 0.25) is 5.02 Å². The number of carboxylic acids is 1. The number of hydrogen-bond acceptors (Lipinski definition) is 4. The third kappa shape index (κ3) is 1.91. The number of urea groups is 1. The Balaban J connectivity index is 2.22. The van der Waals surface area contributed by atoms with Crippen molar-refractivity contribution in [3.05, 3.63) is 28.8 Å². The van der Waals surface area contributed by atoms with Crippen molar-refractivity contribution in [2.24, 2.45) is 0 Å². The van der Waals surface area contributed by atoms with E-state index in [9.17, 15) is 19.2 Å². The second-order valence-electron chi connectivity index (χ2n) is 5.18. The number of benzene rings is 1. The molecule has 1 atom stereocenters. The van der Waals surface area contributed by atoms with Gasteiger partial charge in [-0.1, -0.05) is 11.6 Å². The molecule has 1 unspecified atom stereocenters. The van der Waals surface area contributed by atoms with Gasteiger partial charge in [0.25, 0.3) is 11.8 Å². The standard InChI is InChI=1S/C14H12ClN3O5/c1-2-17-11(21)14(16-13(17)23)8-5-7(15)3-4-9(8)18(12(14)22)6-10(19)20/h3-5H,2,6H2,1H3,(H,16,23)(H,19,20). The van der Waals surface area contributed by atoms with Crippen LogP contribution in [0.5, 0.6) is 0 Å². The molecule has 0 bridgehead atoms. The highest BCUT2D eigenvalue weighted by Gasteiger charge is 2.63. The van der Waals surface area contributed by atoms with Gasteiger partial charge in [0.15, 0.2) is 0 Å². The van der Waals surface area contributed by atoms with Gasteiger partial charge in [0, 0.05) is 17.1 Å². The van der Waals surface area contributed by atoms with Gasteiger partial charge >= 0.3 is 12.0 Å². The number of aliphatic carboxylic acids is 1. The molecule has 1 fully saturated rings. The molecule has 4 amide bonds. The van der Waals surface area contributed by atoms with E-state index in [1.54, 1.807) is 6.92 Å². The number of halogens is 1. The molecule has 23 heavy (non-hydrogen) atoms. The Bertz CT molecular complexity index is 765. The Morgan fingerprint density at radius 2 is 1.91 bits per heavy atom. The summed E-state index contributed by atoms with van der Waals surface area (Å²) in [5, 5.41) is 11.7. The van der Waals surface area contributed by atoms with Crippen molar-refractivity contribution in [2.45, 2.75) is 12.5 Å². The summed E-state index contributed by atoms with van der Waals surface area (Å²) in [6.45, 7) is 1.07. The first-order chi connectivity index (χ1) is 10.8. The van der Waals surface area contributed by atoms with Crippen LogP contribution in [0, 0.1) is 0 Å². The number of anilines is 1. The minimum Gasteiger partial charge on any atom is -0.480 e. The second-order valence-corrected chi connectivity index (χ2v) is 5.61. The molecule has 2 heterocycles. The zero-order valence-electron chi connectivity index (χ0n) is 12.0. The van der Waals surface area contributed by atoms with Gasteiger partial charge in [-0.2, -0.15) is 0 Å².